The maximum absolute atomic E-state index is 12.7. The highest BCUT2D eigenvalue weighted by atomic mass is 16.5. The van der Waals surface area contributed by atoms with Crippen molar-refractivity contribution in [3.63, 3.8) is 0 Å². The molecule has 1 amide bonds. The summed E-state index contributed by atoms with van der Waals surface area (Å²) in [5.74, 6) is 0.553. The minimum Gasteiger partial charge on any atom is -0.496 e. The van der Waals surface area contributed by atoms with E-state index in [2.05, 4.69) is 10.3 Å². The molecule has 2 aromatic heterocycles. The average Bonchev–Trinajstić information content (AvgIpc) is 3.09. The lowest BCUT2D eigenvalue weighted by atomic mass is 10.1. The summed E-state index contributed by atoms with van der Waals surface area (Å²) < 4.78 is 12.0. The van der Waals surface area contributed by atoms with Crippen molar-refractivity contribution in [1.82, 2.24) is 14.9 Å². The first-order valence-corrected chi connectivity index (χ1v) is 7.72. The number of rotatable bonds is 5. The molecule has 0 spiro atoms. The fraction of sp³-hybridized carbons (Fsp3) is 0.353. The van der Waals surface area contributed by atoms with Crippen LogP contribution in [0.1, 0.15) is 28.0 Å². The van der Waals surface area contributed by atoms with E-state index in [1.165, 1.54) is 13.2 Å². The summed E-state index contributed by atoms with van der Waals surface area (Å²) in [5, 5.41) is 2.87. The maximum atomic E-state index is 12.7. The Morgan fingerprint density at radius 2 is 2.17 bits per heavy atom. The predicted octanol–water partition coefficient (Wildman–Crippen LogP) is 1.14. The zero-order valence-electron chi connectivity index (χ0n) is 13.7. The van der Waals surface area contributed by atoms with Crippen LogP contribution in [0.3, 0.4) is 0 Å². The lowest BCUT2D eigenvalue weighted by molar-refractivity contribution is 0.0946. The van der Waals surface area contributed by atoms with Gasteiger partial charge in [0.2, 0.25) is 5.88 Å². The Labute approximate surface area is 139 Å². The van der Waals surface area contributed by atoms with Crippen molar-refractivity contribution in [3.8, 4) is 11.6 Å². The first kappa shape index (κ1) is 16.0. The van der Waals surface area contributed by atoms with Crippen molar-refractivity contribution in [2.75, 3.05) is 14.2 Å². The minimum atomic E-state index is -0.256. The van der Waals surface area contributed by atoms with Crippen molar-refractivity contribution in [2.24, 2.45) is 0 Å². The third-order valence-electron chi connectivity index (χ3n) is 4.09. The van der Waals surface area contributed by atoms with Crippen molar-refractivity contribution in [3.05, 3.63) is 51.6 Å². The summed E-state index contributed by atoms with van der Waals surface area (Å²) in [6.07, 6.45) is 3.17. The zero-order valence-corrected chi connectivity index (χ0v) is 13.7. The van der Waals surface area contributed by atoms with Crippen LogP contribution in [0.2, 0.25) is 0 Å². The van der Waals surface area contributed by atoms with Gasteiger partial charge in [-0.15, -0.1) is 0 Å². The molecule has 0 unspecified atom stereocenters. The Kier molecular flexibility index (Phi) is 4.50. The van der Waals surface area contributed by atoms with Crippen LogP contribution >= 0.6 is 0 Å². The van der Waals surface area contributed by atoms with Crippen LogP contribution in [0.5, 0.6) is 11.6 Å². The van der Waals surface area contributed by atoms with E-state index in [-0.39, 0.29) is 11.5 Å². The van der Waals surface area contributed by atoms with Gasteiger partial charge in [0.25, 0.3) is 11.5 Å². The van der Waals surface area contributed by atoms with Gasteiger partial charge in [-0.25, -0.2) is 4.98 Å². The van der Waals surface area contributed by atoms with Crippen LogP contribution < -0.4 is 20.3 Å². The molecule has 24 heavy (non-hydrogen) atoms. The lowest BCUT2D eigenvalue weighted by Crippen LogP contribution is -2.28. The van der Waals surface area contributed by atoms with E-state index in [0.29, 0.717) is 36.7 Å². The number of nitrogens with one attached hydrogen (secondary N) is 1. The molecule has 7 heteroatoms. The highest BCUT2D eigenvalue weighted by Crippen LogP contribution is 2.25. The molecule has 0 radical (unpaired) electrons. The third kappa shape index (κ3) is 2.97. The molecule has 0 aliphatic carbocycles. The van der Waals surface area contributed by atoms with Gasteiger partial charge < -0.3 is 19.4 Å². The molecule has 7 nitrogen and oxygen atoms in total. The van der Waals surface area contributed by atoms with Gasteiger partial charge in [-0.3, -0.25) is 9.59 Å². The van der Waals surface area contributed by atoms with E-state index < -0.39 is 0 Å². The highest BCUT2D eigenvalue weighted by molar-refractivity contribution is 5.98. The van der Waals surface area contributed by atoms with Crippen molar-refractivity contribution in [1.29, 1.82) is 0 Å². The molecule has 0 atom stereocenters. The smallest absolute Gasteiger partial charge is 0.257 e. The van der Waals surface area contributed by atoms with Crippen LogP contribution in [0.15, 0.2) is 29.2 Å². The van der Waals surface area contributed by atoms with Crippen LogP contribution in [0.25, 0.3) is 0 Å². The summed E-state index contributed by atoms with van der Waals surface area (Å²) in [5.41, 5.74) is 1.92. The molecule has 1 N–H and O–H groups in total. The Morgan fingerprint density at radius 3 is 2.92 bits per heavy atom. The molecule has 0 aromatic carbocycles. The van der Waals surface area contributed by atoms with Crippen LogP contribution in [-0.2, 0) is 19.5 Å². The van der Waals surface area contributed by atoms with Gasteiger partial charge in [0.15, 0.2) is 0 Å². The maximum Gasteiger partial charge on any atom is 0.257 e. The Morgan fingerprint density at radius 1 is 1.33 bits per heavy atom. The molecule has 0 saturated carbocycles. The number of nitrogens with zero attached hydrogens (tertiary/aromatic N) is 2. The number of carbonyl (C=O) groups is 1. The van der Waals surface area contributed by atoms with Gasteiger partial charge in [0.1, 0.15) is 11.3 Å². The summed E-state index contributed by atoms with van der Waals surface area (Å²) in [6, 6.07) is 4.94. The zero-order chi connectivity index (χ0) is 17.1. The molecule has 0 bridgehead atoms. The van der Waals surface area contributed by atoms with Crippen molar-refractivity contribution >= 4 is 5.91 Å². The largest absolute Gasteiger partial charge is 0.496 e. The summed E-state index contributed by atoms with van der Waals surface area (Å²) >= 11 is 0. The number of carbonyl (C=O) groups excluding carboxylic acids is 1. The van der Waals surface area contributed by atoms with Gasteiger partial charge in [0, 0.05) is 37.1 Å². The first-order chi connectivity index (χ1) is 11.6. The van der Waals surface area contributed by atoms with Gasteiger partial charge in [0.05, 0.1) is 14.2 Å². The molecule has 126 valence electrons. The van der Waals surface area contributed by atoms with Crippen LogP contribution in [-0.4, -0.2) is 29.7 Å². The van der Waals surface area contributed by atoms with Gasteiger partial charge in [-0.05, 0) is 24.5 Å². The Bertz CT molecular complexity index is 829. The average molecular weight is 329 g/mol. The van der Waals surface area contributed by atoms with Crippen LogP contribution in [0.4, 0.5) is 0 Å². The number of ether oxygens (including phenoxy) is 2. The molecule has 1 aliphatic rings. The highest BCUT2D eigenvalue weighted by Gasteiger charge is 2.24. The number of hydrogen-bond acceptors (Lipinski definition) is 5. The Balaban J connectivity index is 1.85. The second kappa shape index (κ2) is 6.74. The first-order valence-electron chi connectivity index (χ1n) is 7.72. The summed E-state index contributed by atoms with van der Waals surface area (Å²) in [7, 11) is 3.01. The van der Waals surface area contributed by atoms with Gasteiger partial charge in [-0.1, -0.05) is 0 Å². The fourth-order valence-corrected chi connectivity index (χ4v) is 2.93. The molecule has 3 rings (SSSR count). The molecular weight excluding hydrogens is 310 g/mol. The molecule has 0 fully saturated rings. The van der Waals surface area contributed by atoms with E-state index in [1.54, 1.807) is 30.0 Å². The quantitative estimate of drug-likeness (QED) is 0.889. The lowest BCUT2D eigenvalue weighted by Gasteiger charge is -2.14. The topological polar surface area (TPSA) is 82.5 Å². The van der Waals surface area contributed by atoms with E-state index in [1.807, 2.05) is 0 Å². The molecule has 1 aliphatic heterocycles. The second-order valence-corrected chi connectivity index (χ2v) is 5.52. The monoisotopic (exact) mass is 329 g/mol. The van der Waals surface area contributed by atoms with Crippen molar-refractivity contribution in [2.45, 2.75) is 25.9 Å². The number of methoxy groups -OCH3 is 2. The number of aromatic nitrogens is 2. The number of hydrogen-bond donors (Lipinski definition) is 1. The van der Waals surface area contributed by atoms with E-state index in [0.717, 1.165) is 17.7 Å². The predicted molar refractivity (Wildman–Crippen MR) is 87.5 cm³/mol. The number of fused-ring (bicyclic) bond motifs is 1. The second-order valence-electron chi connectivity index (χ2n) is 5.52. The van der Waals surface area contributed by atoms with E-state index in [4.69, 9.17) is 9.47 Å². The molecular formula is C17H19N3O4. The molecule has 0 saturated heterocycles. The Hall–Kier alpha value is -2.83. The van der Waals surface area contributed by atoms with E-state index >= 15 is 0 Å². The van der Waals surface area contributed by atoms with Crippen LogP contribution in [0, 0.1) is 0 Å². The fourth-order valence-electron chi connectivity index (χ4n) is 2.93. The summed E-state index contributed by atoms with van der Waals surface area (Å²) in [4.78, 5) is 28.8. The van der Waals surface area contributed by atoms with Crippen molar-refractivity contribution < 1.29 is 14.3 Å². The SMILES string of the molecule is COc1cc(CNC(=O)c2c(OC)cc(=O)n3c2CCC3)ccn1. The summed E-state index contributed by atoms with van der Waals surface area (Å²) in [6.45, 7) is 0.972. The van der Waals surface area contributed by atoms with Gasteiger partial charge >= 0.3 is 0 Å². The minimum absolute atomic E-state index is 0.130. The third-order valence-corrected chi connectivity index (χ3v) is 4.09. The molecule has 2 aromatic rings. The normalized spacial score (nSPS) is 12.6. The van der Waals surface area contributed by atoms with E-state index in [9.17, 15) is 9.59 Å². The molecule has 3 heterocycles. The van der Waals surface area contributed by atoms with Gasteiger partial charge in [-0.2, -0.15) is 0 Å². The standard InChI is InChI=1S/C17H19N3O4/c1-23-13-9-15(21)20-7-3-4-12(20)16(13)17(22)19-10-11-5-6-18-14(8-11)24-2/h5-6,8-9H,3-4,7,10H2,1-2H3,(H,19,22). The number of pyridine rings is 2. The number of amides is 1.